The second-order valence-electron chi connectivity index (χ2n) is 26.8. The third kappa shape index (κ3) is 14.6. The average Bonchev–Trinajstić information content (AvgIpc) is 1.55. The minimum atomic E-state index is -2.36. The smallest absolute Gasteiger partial charge is 0.264 e. The van der Waals surface area contributed by atoms with E-state index in [0.29, 0.717) is 29.4 Å². The van der Waals surface area contributed by atoms with Crippen molar-refractivity contribution in [1.29, 1.82) is 0 Å². The zero-order valence-corrected chi connectivity index (χ0v) is 61.1. The number of carbonyl (C=O) groups excluding carboxylic acids is 24. The largest absolute Gasteiger partial charge is 0.398 e. The van der Waals surface area contributed by atoms with Gasteiger partial charge in [0.05, 0.1) is 87.3 Å². The van der Waals surface area contributed by atoms with Gasteiger partial charge in [0, 0.05) is 72.6 Å². The number of amides is 24. The van der Waals surface area contributed by atoms with E-state index in [4.69, 9.17) is 55.0 Å². The van der Waals surface area contributed by atoms with Crippen LogP contribution in [0, 0.1) is 0 Å². The molecule has 6 aromatic carbocycles. The summed E-state index contributed by atoms with van der Waals surface area (Å²) in [6.45, 7) is 0. The van der Waals surface area contributed by atoms with Gasteiger partial charge in [-0.2, -0.15) is 0 Å². The van der Waals surface area contributed by atoms with E-state index in [1.807, 2.05) is 31.9 Å². The fourth-order valence-electron chi connectivity index (χ4n) is 14.0. The van der Waals surface area contributed by atoms with Crippen LogP contribution in [0.1, 0.15) is 222 Å². The van der Waals surface area contributed by atoms with Crippen LogP contribution in [0.15, 0.2) is 109 Å². The molecule has 6 aromatic rings. The van der Waals surface area contributed by atoms with E-state index in [1.54, 1.807) is 0 Å². The standard InChI is InChI=1S/6C13H11N3O4/c6*14-7-3-1-2-6-10(7)13(20)16(12(6)19)8-4-5-9(17)15-11(8)18/h6*1-3,8H,4-5,14H2,(H,15,17,18)/t4*8-;;/m1100../s1/i1D,2D,3D;8D;1D,2D,3D;8D;1D,2D,3D,8D;1D,2D,3D. The van der Waals surface area contributed by atoms with Crippen molar-refractivity contribution in [3.05, 3.63) is 176 Å². The van der Waals surface area contributed by atoms with Crippen LogP contribution in [0.4, 0.5) is 34.1 Å². The number of hydrogen-bond donors (Lipinski definition) is 12. The highest BCUT2D eigenvalue weighted by molar-refractivity contribution is 6.30. The third-order valence-electron chi connectivity index (χ3n) is 19.6. The van der Waals surface area contributed by atoms with Crippen LogP contribution in [-0.2, 0) is 57.5 Å². The monoisotopic (exact) mass is 1650 g/mol. The van der Waals surface area contributed by atoms with Gasteiger partial charge in [-0.15, -0.1) is 0 Å². The molecule has 612 valence electrons. The molecule has 12 heterocycles. The number of rotatable bonds is 6. The molecule has 0 radical (unpaired) electrons. The second-order valence-corrected chi connectivity index (χ2v) is 26.8. The van der Waals surface area contributed by atoms with Crippen LogP contribution in [-0.4, -0.2) is 207 Å². The van der Waals surface area contributed by atoms with Gasteiger partial charge in [-0.25, -0.2) is 0 Å². The average molecular weight is 1650 g/mol. The summed E-state index contributed by atoms with van der Waals surface area (Å²) in [6, 6.07) is -8.18. The highest BCUT2D eigenvalue weighted by atomic mass is 16.2. The van der Waals surface area contributed by atoms with Gasteiger partial charge in [0.1, 0.15) is 36.2 Å². The quantitative estimate of drug-likeness (QED) is 0.0635. The van der Waals surface area contributed by atoms with Crippen LogP contribution in [0.3, 0.4) is 0 Å². The maximum absolute atomic E-state index is 12.6. The Kier molecular flexibility index (Phi) is 17.2. The Bertz CT molecular complexity index is 6110. The molecule has 120 heavy (non-hydrogen) atoms. The van der Waals surface area contributed by atoms with E-state index in [-0.39, 0.29) is 155 Å². The van der Waals surface area contributed by atoms with E-state index in [2.05, 4.69) is 0 Å². The number of nitrogens with two attached hydrogens (primary N) is 6. The Balaban J connectivity index is 0.000000137. The van der Waals surface area contributed by atoms with Crippen LogP contribution in [0.2, 0.25) is 0 Å². The molecule has 42 nitrogen and oxygen atoms in total. The van der Waals surface area contributed by atoms with Gasteiger partial charge in [0.15, 0.2) is 0 Å². The van der Waals surface area contributed by atoms with Crippen LogP contribution in [0.5, 0.6) is 0 Å². The van der Waals surface area contributed by atoms with E-state index in [9.17, 15) is 115 Å². The number of nitrogens with one attached hydrogen (secondary N) is 6. The number of hydrogen-bond acceptors (Lipinski definition) is 30. The third-order valence-corrected chi connectivity index (χ3v) is 19.6. The van der Waals surface area contributed by atoms with Crippen molar-refractivity contribution in [2.24, 2.45) is 0 Å². The highest BCUT2D eigenvalue weighted by Gasteiger charge is 2.52. The number of benzene rings is 6. The first-order valence-electron chi connectivity index (χ1n) is 42.8. The van der Waals surface area contributed by atoms with Crippen molar-refractivity contribution in [3.63, 3.8) is 0 Å². The van der Waals surface area contributed by atoms with E-state index < -0.39 is 274 Å². The molecule has 6 fully saturated rings. The summed E-state index contributed by atoms with van der Waals surface area (Å²) in [5.41, 5.74) is 29.8. The molecule has 24 amide bonds. The zero-order chi connectivity index (χ0) is 99.8. The van der Waals surface area contributed by atoms with Crippen LogP contribution >= 0.6 is 0 Å². The number of fused-ring (bicyclic) bond motifs is 6. The molecule has 18 rings (SSSR count). The molecule has 0 spiro atoms. The van der Waals surface area contributed by atoms with Gasteiger partial charge in [0.25, 0.3) is 70.9 Å². The molecule has 6 saturated heterocycles. The van der Waals surface area contributed by atoms with Crippen LogP contribution < -0.4 is 66.3 Å². The minimum Gasteiger partial charge on any atom is -0.398 e. The Morgan fingerprint density at radius 3 is 0.667 bits per heavy atom. The lowest BCUT2D eigenvalue weighted by Gasteiger charge is -2.27. The molecule has 2 unspecified atom stereocenters. The molecule has 18 N–H and O–H groups in total. The number of anilines is 6. The summed E-state index contributed by atoms with van der Waals surface area (Å²) in [5.74, 6) is -19.3. The maximum Gasteiger partial charge on any atom is 0.264 e. The molecule has 0 aromatic heterocycles. The van der Waals surface area contributed by atoms with Gasteiger partial charge in [0.2, 0.25) is 70.9 Å². The van der Waals surface area contributed by atoms with Crippen molar-refractivity contribution in [3.8, 4) is 0 Å². The predicted molar refractivity (Wildman–Crippen MR) is 405 cm³/mol. The molecule has 12 aliphatic rings. The normalized spacial score (nSPS) is 25.6. The van der Waals surface area contributed by atoms with Gasteiger partial charge >= 0.3 is 0 Å². The van der Waals surface area contributed by atoms with Crippen LogP contribution in [0.25, 0.3) is 0 Å². The van der Waals surface area contributed by atoms with E-state index >= 15 is 0 Å². The first-order chi connectivity index (χ1) is 63.1. The minimum absolute atomic E-state index is 0.00109. The van der Waals surface area contributed by atoms with E-state index in [0.717, 1.165) is 0 Å². The van der Waals surface area contributed by atoms with Crippen molar-refractivity contribution in [2.45, 2.75) is 113 Å². The number of piperidine rings is 6. The van der Waals surface area contributed by atoms with Gasteiger partial charge in [-0.3, -0.25) is 176 Å². The van der Waals surface area contributed by atoms with E-state index in [1.165, 1.54) is 36.4 Å². The summed E-state index contributed by atoms with van der Waals surface area (Å²) in [7, 11) is 0. The Labute approximate surface area is 694 Å². The molecular weight excluding hydrogens is 1570 g/mol. The molecule has 0 bridgehead atoms. The topological polar surface area (TPSA) is 657 Å². The van der Waals surface area contributed by atoms with Crippen molar-refractivity contribution < 1.29 is 136 Å². The summed E-state index contributed by atoms with van der Waals surface area (Å²) >= 11 is 0. The first kappa shape index (κ1) is 64.1. The van der Waals surface area contributed by atoms with Gasteiger partial charge < -0.3 is 34.4 Å². The molecule has 0 aliphatic carbocycles. The maximum atomic E-state index is 12.6. The lowest BCUT2D eigenvalue weighted by molar-refractivity contribution is -0.137. The number of nitrogens with zero attached hydrogens (tertiary/aromatic N) is 6. The lowest BCUT2D eigenvalue weighted by Crippen LogP contribution is -2.54. The highest BCUT2D eigenvalue weighted by Crippen LogP contribution is 2.38. The predicted octanol–water partition coefficient (Wildman–Crippen LogP) is -1.98. The van der Waals surface area contributed by atoms with Crippen molar-refractivity contribution in [2.75, 3.05) is 34.4 Å². The Morgan fingerprint density at radius 1 is 0.242 bits per heavy atom. The number of imide groups is 12. The zero-order valence-electron chi connectivity index (χ0n) is 76.1. The number of nitrogen functional groups attached to an aromatic ring is 6. The number of carbonyl (C=O) groups is 24. The van der Waals surface area contributed by atoms with Gasteiger partial charge in [-0.1, -0.05) is 36.3 Å². The van der Waals surface area contributed by atoms with Crippen molar-refractivity contribution >= 4 is 176 Å². The Hall–Kier alpha value is -16.2. The fraction of sp³-hybridized carbons (Fsp3) is 0.231. The van der Waals surface area contributed by atoms with Crippen molar-refractivity contribution in [1.82, 2.24) is 61.3 Å². The second kappa shape index (κ2) is 32.2. The van der Waals surface area contributed by atoms with Gasteiger partial charge in [-0.05, 0) is 111 Å². The summed E-state index contributed by atoms with van der Waals surface area (Å²) in [4.78, 5) is 292. The lowest BCUT2D eigenvalue weighted by atomic mass is 10.0. The molecule has 0 saturated carbocycles. The Morgan fingerprint density at radius 2 is 0.442 bits per heavy atom. The summed E-state index contributed by atoms with van der Waals surface area (Å²) in [6.07, 6.45) is -1.47. The summed E-state index contributed by atoms with van der Waals surface area (Å²) < 4.78 is 117. The molecule has 6 atom stereocenters. The molecule has 42 heteroatoms. The molecular formula is C78H66N18O24. The summed E-state index contributed by atoms with van der Waals surface area (Å²) in [5, 5.41) is 12.0. The molecule has 12 aliphatic heterocycles. The fourth-order valence-corrected chi connectivity index (χ4v) is 14.0. The SMILES string of the molecule is [2H][C@@]1(N2C(=O)c3cccc(N)c3C2=O)CCC(=O)NC1=O.[2H][C@]1(N2C(=O)c3cccc(N)c3C2=O)CCC(=O)NC1=O.[2H]c1c([2H])c(N)c2c(c1[2H])C(=O)N(C1([2H])CCC(=O)NC1=O)C2=O.[2H]c1c([2H])c(N)c2c(c1[2H])C(=O)N(C1CCC(=O)NC1=O)C2=O.[2H]c1c([2H])c(N)c2c(c1[2H])C(=O)N([C@@H]1CCC(=O)NC1=O)C2=O.[2H]c1c([2H])c(N)c2c(c1[2H])C(=O)N([C@H]1CCC(=O)NC1=O)C2=O. The first-order valence-corrected chi connectivity index (χ1v) is 35.3.